The van der Waals surface area contributed by atoms with Crippen LogP contribution in [0.4, 0.5) is 5.13 Å². The first-order chi connectivity index (χ1) is 16.2. The van der Waals surface area contributed by atoms with Crippen molar-refractivity contribution in [2.45, 2.75) is 33.2 Å². The summed E-state index contributed by atoms with van der Waals surface area (Å²) in [5.41, 5.74) is 2.16. The Balaban J connectivity index is 0.00000324. The van der Waals surface area contributed by atoms with Crippen molar-refractivity contribution in [2.75, 3.05) is 24.7 Å². The molecular formula is C25H29ClN4O3S. The van der Waals surface area contributed by atoms with Gasteiger partial charge in [0.15, 0.2) is 11.7 Å². The second-order valence-corrected chi connectivity index (χ2v) is 8.52. The lowest BCUT2D eigenvalue weighted by atomic mass is 10.1. The van der Waals surface area contributed by atoms with Crippen LogP contribution in [0.3, 0.4) is 0 Å². The molecule has 180 valence electrons. The maximum atomic E-state index is 13.2. The summed E-state index contributed by atoms with van der Waals surface area (Å²) in [6.07, 6.45) is 7.14. The molecule has 0 aliphatic rings. The van der Waals surface area contributed by atoms with Gasteiger partial charge in [-0.15, -0.1) is 12.4 Å². The molecule has 34 heavy (non-hydrogen) atoms. The highest BCUT2D eigenvalue weighted by Gasteiger charge is 2.21. The average Bonchev–Trinajstić information content (AvgIpc) is 3.51. The smallest absolute Gasteiger partial charge is 0.266 e. The molecule has 2 aromatic carbocycles. The standard InChI is InChI=1S/C25H28N4O3S.ClH/c1-3-19-7-5-8-22-24(19)27-25(33-22)29(15-6-14-28-16-13-26-18-28)23(30)17-32-21-11-9-20(10-12-21)31-4-2;/h5,7-13,16,18H,3-4,6,14-15,17H2,1-2H3;1H. The van der Waals surface area contributed by atoms with E-state index in [4.69, 9.17) is 14.5 Å². The van der Waals surface area contributed by atoms with E-state index in [0.717, 1.165) is 35.4 Å². The molecule has 0 bridgehead atoms. The molecule has 0 saturated heterocycles. The summed E-state index contributed by atoms with van der Waals surface area (Å²) in [6.45, 7) is 5.92. The predicted molar refractivity (Wildman–Crippen MR) is 139 cm³/mol. The van der Waals surface area contributed by atoms with Crippen LogP contribution in [-0.2, 0) is 17.8 Å². The second-order valence-electron chi connectivity index (χ2n) is 7.51. The molecule has 2 aromatic heterocycles. The second kappa shape index (κ2) is 12.4. The molecular weight excluding hydrogens is 472 g/mol. The summed E-state index contributed by atoms with van der Waals surface area (Å²) in [5, 5.41) is 0.705. The first kappa shape index (κ1) is 25.5. The lowest BCUT2D eigenvalue weighted by molar-refractivity contribution is -0.120. The Morgan fingerprint density at radius 3 is 2.53 bits per heavy atom. The SMILES string of the molecule is CCOc1ccc(OCC(=O)N(CCCn2ccnc2)c2nc3c(CC)cccc3s2)cc1.Cl. The predicted octanol–water partition coefficient (Wildman–Crippen LogP) is 5.38. The zero-order chi connectivity index (χ0) is 23.0. The summed E-state index contributed by atoms with van der Waals surface area (Å²) < 4.78 is 14.3. The Bertz CT molecular complexity index is 1180. The van der Waals surface area contributed by atoms with Gasteiger partial charge in [-0.05, 0) is 55.7 Å². The summed E-state index contributed by atoms with van der Waals surface area (Å²) in [5.74, 6) is 1.29. The molecule has 4 aromatic rings. The third-order valence-corrected chi connectivity index (χ3v) is 6.30. The number of benzene rings is 2. The van der Waals surface area contributed by atoms with Gasteiger partial charge in [0.2, 0.25) is 0 Å². The number of hydrogen-bond acceptors (Lipinski definition) is 6. The number of carbonyl (C=O) groups excluding carboxylic acids is 1. The van der Waals surface area contributed by atoms with Crippen LogP contribution in [0.25, 0.3) is 10.2 Å². The summed E-state index contributed by atoms with van der Waals surface area (Å²) in [6, 6.07) is 13.5. The molecule has 0 saturated carbocycles. The molecule has 0 unspecified atom stereocenters. The van der Waals surface area contributed by atoms with Crippen LogP contribution in [0.1, 0.15) is 25.8 Å². The van der Waals surface area contributed by atoms with E-state index in [9.17, 15) is 4.79 Å². The van der Waals surface area contributed by atoms with E-state index < -0.39 is 0 Å². The van der Waals surface area contributed by atoms with E-state index in [1.807, 2.05) is 48.0 Å². The lowest BCUT2D eigenvalue weighted by Crippen LogP contribution is -2.36. The molecule has 0 atom stereocenters. The number of halogens is 1. The van der Waals surface area contributed by atoms with Crippen LogP contribution in [0.5, 0.6) is 11.5 Å². The van der Waals surface area contributed by atoms with Gasteiger partial charge in [-0.3, -0.25) is 9.69 Å². The van der Waals surface area contributed by atoms with Crippen LogP contribution in [-0.4, -0.2) is 40.2 Å². The fourth-order valence-electron chi connectivity index (χ4n) is 3.57. The van der Waals surface area contributed by atoms with Crippen molar-refractivity contribution in [1.82, 2.24) is 14.5 Å². The number of para-hydroxylation sites is 1. The monoisotopic (exact) mass is 500 g/mol. The highest BCUT2D eigenvalue weighted by molar-refractivity contribution is 7.22. The number of anilines is 1. The first-order valence-corrected chi connectivity index (χ1v) is 12.0. The number of amides is 1. The summed E-state index contributed by atoms with van der Waals surface area (Å²) >= 11 is 1.54. The Morgan fingerprint density at radius 2 is 1.85 bits per heavy atom. The number of fused-ring (bicyclic) bond motifs is 1. The number of imidazole rings is 1. The van der Waals surface area contributed by atoms with Crippen molar-refractivity contribution in [3.8, 4) is 11.5 Å². The van der Waals surface area contributed by atoms with E-state index in [1.165, 1.54) is 5.56 Å². The van der Waals surface area contributed by atoms with Gasteiger partial charge < -0.3 is 14.0 Å². The van der Waals surface area contributed by atoms with Crippen LogP contribution in [0.2, 0.25) is 0 Å². The number of ether oxygens (including phenoxy) is 2. The van der Waals surface area contributed by atoms with Crippen LogP contribution in [0, 0.1) is 0 Å². The normalized spacial score (nSPS) is 10.6. The van der Waals surface area contributed by atoms with Crippen LogP contribution >= 0.6 is 23.7 Å². The van der Waals surface area contributed by atoms with E-state index >= 15 is 0 Å². The van der Waals surface area contributed by atoms with Crippen molar-refractivity contribution in [1.29, 1.82) is 0 Å². The van der Waals surface area contributed by atoms with Crippen LogP contribution in [0.15, 0.2) is 61.2 Å². The summed E-state index contributed by atoms with van der Waals surface area (Å²) in [4.78, 5) is 23.9. The van der Waals surface area contributed by atoms with Gasteiger partial charge in [-0.25, -0.2) is 9.97 Å². The number of thiazole rings is 1. The fourth-order valence-corrected chi connectivity index (χ4v) is 4.63. The molecule has 4 rings (SSSR count). The quantitative estimate of drug-likeness (QED) is 0.276. The zero-order valence-electron chi connectivity index (χ0n) is 19.3. The van der Waals surface area contributed by atoms with Gasteiger partial charge in [0.1, 0.15) is 11.5 Å². The van der Waals surface area contributed by atoms with Gasteiger partial charge in [-0.2, -0.15) is 0 Å². The molecule has 2 heterocycles. The summed E-state index contributed by atoms with van der Waals surface area (Å²) in [7, 11) is 0. The Morgan fingerprint density at radius 1 is 1.09 bits per heavy atom. The van der Waals surface area contributed by atoms with E-state index in [1.54, 1.807) is 28.8 Å². The third kappa shape index (κ3) is 6.27. The molecule has 0 fully saturated rings. The van der Waals surface area contributed by atoms with E-state index in [0.29, 0.717) is 24.0 Å². The molecule has 9 heteroatoms. The Hall–Kier alpha value is -3.10. The minimum Gasteiger partial charge on any atom is -0.494 e. The van der Waals surface area contributed by atoms with Crippen molar-refractivity contribution in [3.05, 3.63) is 66.7 Å². The van der Waals surface area contributed by atoms with Gasteiger partial charge in [-0.1, -0.05) is 30.4 Å². The topological polar surface area (TPSA) is 69.5 Å². The highest BCUT2D eigenvalue weighted by atomic mass is 35.5. The number of nitrogens with zero attached hydrogens (tertiary/aromatic N) is 4. The maximum absolute atomic E-state index is 13.2. The molecule has 0 aliphatic carbocycles. The number of rotatable bonds is 11. The number of aryl methyl sites for hydroxylation is 2. The average molecular weight is 501 g/mol. The first-order valence-electron chi connectivity index (χ1n) is 11.2. The van der Waals surface area contributed by atoms with Gasteiger partial charge in [0.05, 0.1) is 23.2 Å². The lowest BCUT2D eigenvalue weighted by Gasteiger charge is -2.20. The molecule has 0 aliphatic heterocycles. The van der Waals surface area contributed by atoms with Gasteiger partial charge >= 0.3 is 0 Å². The van der Waals surface area contributed by atoms with Crippen molar-refractivity contribution in [2.24, 2.45) is 0 Å². The molecule has 0 radical (unpaired) electrons. The number of aromatic nitrogens is 3. The highest BCUT2D eigenvalue weighted by Crippen LogP contribution is 2.31. The van der Waals surface area contributed by atoms with Gasteiger partial charge in [0, 0.05) is 25.5 Å². The van der Waals surface area contributed by atoms with Gasteiger partial charge in [0.25, 0.3) is 5.91 Å². The van der Waals surface area contributed by atoms with Crippen molar-refractivity contribution >= 4 is 45.0 Å². The van der Waals surface area contributed by atoms with Crippen LogP contribution < -0.4 is 14.4 Å². The van der Waals surface area contributed by atoms with E-state index in [2.05, 4.69) is 24.0 Å². The number of carbonyl (C=O) groups is 1. The maximum Gasteiger partial charge on any atom is 0.266 e. The largest absolute Gasteiger partial charge is 0.494 e. The zero-order valence-corrected chi connectivity index (χ0v) is 21.0. The minimum absolute atomic E-state index is 0. The fraction of sp³-hybridized carbons (Fsp3) is 0.320. The number of hydrogen-bond donors (Lipinski definition) is 0. The Labute approximate surface area is 209 Å². The molecule has 0 spiro atoms. The third-order valence-electron chi connectivity index (χ3n) is 5.26. The van der Waals surface area contributed by atoms with E-state index in [-0.39, 0.29) is 24.9 Å². The molecule has 0 N–H and O–H groups in total. The minimum atomic E-state index is -0.119. The van der Waals surface area contributed by atoms with Crippen molar-refractivity contribution in [3.63, 3.8) is 0 Å². The molecule has 1 amide bonds. The van der Waals surface area contributed by atoms with Crippen molar-refractivity contribution < 1.29 is 14.3 Å². The molecule has 7 nitrogen and oxygen atoms in total. The Kier molecular flexibility index (Phi) is 9.30.